The van der Waals surface area contributed by atoms with Crippen LogP contribution in [0.3, 0.4) is 0 Å². The Hall–Kier alpha value is -1.55. The molecule has 1 fully saturated rings. The number of ether oxygens (including phenoxy) is 1. The molecule has 0 radical (unpaired) electrons. The number of carbonyl (C=O) groups excluding carboxylic acids is 1. The van der Waals surface area contributed by atoms with Crippen LogP contribution in [0.1, 0.15) is 18.4 Å². The number of benzene rings is 1. The fourth-order valence-electron chi connectivity index (χ4n) is 2.65. The number of rotatable bonds is 5. The first-order valence-corrected chi connectivity index (χ1v) is 7.28. The Morgan fingerprint density at radius 1 is 1.40 bits per heavy atom. The number of likely N-dealkylation sites (tertiary alicyclic amines) is 1. The molecular weight excluding hydrogens is 252 g/mol. The van der Waals surface area contributed by atoms with Crippen LogP contribution < -0.4 is 10.1 Å². The number of nitrogens with zero attached hydrogens (tertiary/aromatic N) is 1. The summed E-state index contributed by atoms with van der Waals surface area (Å²) in [4.78, 5) is 14.3. The third kappa shape index (κ3) is 4.23. The first kappa shape index (κ1) is 14.9. The van der Waals surface area contributed by atoms with Gasteiger partial charge in [0.1, 0.15) is 5.75 Å². The summed E-state index contributed by atoms with van der Waals surface area (Å²) in [5.41, 5.74) is 1.21. The quantitative estimate of drug-likeness (QED) is 0.890. The van der Waals surface area contributed by atoms with Gasteiger partial charge in [-0.3, -0.25) is 4.79 Å². The first-order valence-electron chi connectivity index (χ1n) is 7.28. The van der Waals surface area contributed by atoms with E-state index in [1.807, 2.05) is 24.3 Å². The van der Waals surface area contributed by atoms with Crippen molar-refractivity contribution in [3.8, 4) is 5.75 Å². The summed E-state index contributed by atoms with van der Waals surface area (Å²) in [5, 5.41) is 3.05. The molecule has 4 heteroatoms. The van der Waals surface area contributed by atoms with Crippen LogP contribution in [-0.4, -0.2) is 44.6 Å². The molecule has 1 aromatic carbocycles. The molecule has 1 heterocycles. The molecule has 20 heavy (non-hydrogen) atoms. The zero-order valence-electron chi connectivity index (χ0n) is 12.4. The molecule has 1 amide bonds. The van der Waals surface area contributed by atoms with E-state index in [-0.39, 0.29) is 11.8 Å². The topological polar surface area (TPSA) is 41.6 Å². The third-order valence-corrected chi connectivity index (χ3v) is 3.87. The lowest BCUT2D eigenvalue weighted by Gasteiger charge is -2.28. The van der Waals surface area contributed by atoms with Crippen molar-refractivity contribution in [2.75, 3.05) is 33.8 Å². The van der Waals surface area contributed by atoms with Crippen LogP contribution in [-0.2, 0) is 11.2 Å². The van der Waals surface area contributed by atoms with E-state index in [2.05, 4.69) is 17.3 Å². The molecule has 110 valence electrons. The number of methoxy groups -OCH3 is 1. The lowest BCUT2D eigenvalue weighted by molar-refractivity contribution is -0.126. The second kappa shape index (κ2) is 7.29. The van der Waals surface area contributed by atoms with Crippen molar-refractivity contribution in [1.29, 1.82) is 0 Å². The van der Waals surface area contributed by atoms with E-state index in [1.54, 1.807) is 7.11 Å². The van der Waals surface area contributed by atoms with Gasteiger partial charge in [0.2, 0.25) is 5.91 Å². The van der Waals surface area contributed by atoms with Crippen molar-refractivity contribution in [2.24, 2.45) is 5.92 Å². The van der Waals surface area contributed by atoms with E-state index in [9.17, 15) is 4.79 Å². The molecule has 0 bridgehead atoms. The molecule has 0 saturated carbocycles. The number of amides is 1. The van der Waals surface area contributed by atoms with Crippen LogP contribution >= 0.6 is 0 Å². The molecule has 0 unspecified atom stereocenters. The molecule has 0 spiro atoms. The van der Waals surface area contributed by atoms with Crippen molar-refractivity contribution in [3.05, 3.63) is 29.8 Å². The smallest absolute Gasteiger partial charge is 0.224 e. The predicted molar refractivity (Wildman–Crippen MR) is 79.9 cm³/mol. The molecule has 1 saturated heterocycles. The van der Waals surface area contributed by atoms with E-state index < -0.39 is 0 Å². The van der Waals surface area contributed by atoms with Gasteiger partial charge < -0.3 is 15.0 Å². The summed E-state index contributed by atoms with van der Waals surface area (Å²) < 4.78 is 5.13. The maximum Gasteiger partial charge on any atom is 0.224 e. The van der Waals surface area contributed by atoms with Crippen molar-refractivity contribution in [3.63, 3.8) is 0 Å². The van der Waals surface area contributed by atoms with Crippen LogP contribution in [0.2, 0.25) is 0 Å². The minimum atomic E-state index is 0.157. The number of hydrogen-bond acceptors (Lipinski definition) is 3. The maximum absolute atomic E-state index is 12.1. The van der Waals surface area contributed by atoms with Gasteiger partial charge in [-0.15, -0.1) is 0 Å². The SMILES string of the molecule is COc1ccc(CCNC(=O)[C@H]2CCCN(C)C2)cc1. The van der Waals surface area contributed by atoms with Crippen molar-refractivity contribution < 1.29 is 9.53 Å². The Labute approximate surface area is 121 Å². The average molecular weight is 276 g/mol. The van der Waals surface area contributed by atoms with Crippen LogP contribution in [0.4, 0.5) is 0 Å². The van der Waals surface area contributed by atoms with Gasteiger partial charge in [-0.2, -0.15) is 0 Å². The second-order valence-electron chi connectivity index (χ2n) is 5.49. The van der Waals surface area contributed by atoms with Crippen molar-refractivity contribution in [1.82, 2.24) is 10.2 Å². The maximum atomic E-state index is 12.1. The molecule has 1 aliphatic rings. The predicted octanol–water partition coefficient (Wildman–Crippen LogP) is 1.70. The minimum absolute atomic E-state index is 0.157. The number of hydrogen-bond donors (Lipinski definition) is 1. The van der Waals surface area contributed by atoms with Crippen LogP contribution in [0.5, 0.6) is 5.75 Å². The molecule has 1 atom stereocenters. The Morgan fingerprint density at radius 3 is 2.80 bits per heavy atom. The third-order valence-electron chi connectivity index (χ3n) is 3.87. The lowest BCUT2D eigenvalue weighted by Crippen LogP contribution is -2.41. The van der Waals surface area contributed by atoms with E-state index in [4.69, 9.17) is 4.74 Å². The van der Waals surface area contributed by atoms with Crippen molar-refractivity contribution in [2.45, 2.75) is 19.3 Å². The molecule has 1 aromatic rings. The van der Waals surface area contributed by atoms with Gasteiger partial charge in [0.25, 0.3) is 0 Å². The summed E-state index contributed by atoms with van der Waals surface area (Å²) in [5.74, 6) is 1.22. The molecule has 1 aliphatic heterocycles. The van der Waals surface area contributed by atoms with Gasteiger partial charge in [-0.25, -0.2) is 0 Å². The summed E-state index contributed by atoms with van der Waals surface area (Å²) in [6, 6.07) is 7.99. The number of nitrogens with one attached hydrogen (secondary N) is 1. The highest BCUT2D eigenvalue weighted by molar-refractivity contribution is 5.78. The zero-order valence-corrected chi connectivity index (χ0v) is 12.4. The van der Waals surface area contributed by atoms with E-state index in [1.165, 1.54) is 5.56 Å². The van der Waals surface area contributed by atoms with Gasteiger partial charge in [-0.1, -0.05) is 12.1 Å². The number of piperidine rings is 1. The van der Waals surface area contributed by atoms with Crippen LogP contribution in [0.25, 0.3) is 0 Å². The van der Waals surface area contributed by atoms with E-state index in [0.717, 1.165) is 38.1 Å². The van der Waals surface area contributed by atoms with Crippen LogP contribution in [0, 0.1) is 5.92 Å². The highest BCUT2D eigenvalue weighted by Gasteiger charge is 2.23. The first-order chi connectivity index (χ1) is 9.69. The van der Waals surface area contributed by atoms with Crippen molar-refractivity contribution >= 4 is 5.91 Å². The Kier molecular flexibility index (Phi) is 5.41. The monoisotopic (exact) mass is 276 g/mol. The zero-order chi connectivity index (χ0) is 14.4. The molecule has 2 rings (SSSR count). The fourth-order valence-corrected chi connectivity index (χ4v) is 2.65. The van der Waals surface area contributed by atoms with Gasteiger partial charge >= 0.3 is 0 Å². The minimum Gasteiger partial charge on any atom is -0.497 e. The molecule has 0 aromatic heterocycles. The van der Waals surface area contributed by atoms with Gasteiger partial charge in [0.05, 0.1) is 13.0 Å². The Bertz CT molecular complexity index is 431. The molecule has 1 N–H and O–H groups in total. The summed E-state index contributed by atoms with van der Waals surface area (Å²) >= 11 is 0. The van der Waals surface area contributed by atoms with Gasteiger partial charge in [0.15, 0.2) is 0 Å². The normalized spacial score (nSPS) is 19.6. The summed E-state index contributed by atoms with van der Waals surface area (Å²) in [6.07, 6.45) is 2.99. The van der Waals surface area contributed by atoms with Crippen LogP contribution in [0.15, 0.2) is 24.3 Å². The largest absolute Gasteiger partial charge is 0.497 e. The number of carbonyl (C=O) groups is 1. The Morgan fingerprint density at radius 2 is 2.15 bits per heavy atom. The van der Waals surface area contributed by atoms with Gasteiger partial charge in [0, 0.05) is 13.1 Å². The lowest BCUT2D eigenvalue weighted by atomic mass is 9.97. The highest BCUT2D eigenvalue weighted by Crippen LogP contribution is 2.15. The fraction of sp³-hybridized carbons (Fsp3) is 0.562. The Balaban J connectivity index is 1.73. The average Bonchev–Trinajstić information content (AvgIpc) is 2.48. The highest BCUT2D eigenvalue weighted by atomic mass is 16.5. The van der Waals surface area contributed by atoms with E-state index in [0.29, 0.717) is 6.54 Å². The molecule has 0 aliphatic carbocycles. The summed E-state index contributed by atoms with van der Waals surface area (Å²) in [6.45, 7) is 2.69. The second-order valence-corrected chi connectivity index (χ2v) is 5.49. The molecular formula is C16H24N2O2. The standard InChI is InChI=1S/C16H24N2O2/c1-18-11-3-4-14(12-18)16(19)17-10-9-13-5-7-15(20-2)8-6-13/h5-8,14H,3-4,9-12H2,1-2H3,(H,17,19)/t14-/m0/s1. The summed E-state index contributed by atoms with van der Waals surface area (Å²) in [7, 11) is 3.74. The van der Waals surface area contributed by atoms with Gasteiger partial charge in [-0.05, 0) is 50.6 Å². The van der Waals surface area contributed by atoms with E-state index >= 15 is 0 Å². The molecule has 4 nitrogen and oxygen atoms in total.